The summed E-state index contributed by atoms with van der Waals surface area (Å²) < 4.78 is 12.2. The Morgan fingerprint density at radius 3 is 2.46 bits per heavy atom. The van der Waals surface area contributed by atoms with E-state index in [1.165, 1.54) is 51.4 Å². The van der Waals surface area contributed by atoms with Crippen molar-refractivity contribution in [3.63, 3.8) is 0 Å². The summed E-state index contributed by atoms with van der Waals surface area (Å²) in [5.74, 6) is 1.04. The summed E-state index contributed by atoms with van der Waals surface area (Å²) >= 11 is 0. The second kappa shape index (κ2) is 9.57. The van der Waals surface area contributed by atoms with Crippen LogP contribution in [0.15, 0.2) is 4.99 Å². The third-order valence-corrected chi connectivity index (χ3v) is 5.62. The van der Waals surface area contributed by atoms with Gasteiger partial charge >= 0.3 is 0 Å². The van der Waals surface area contributed by atoms with Gasteiger partial charge in [0.25, 0.3) is 0 Å². The van der Waals surface area contributed by atoms with Gasteiger partial charge in [0.1, 0.15) is 6.10 Å². The van der Waals surface area contributed by atoms with Crippen molar-refractivity contribution in [2.24, 2.45) is 16.6 Å². The maximum Gasteiger partial charge on any atom is 0.188 e. The molecular formula is C18H34IN3O2. The fourth-order valence-corrected chi connectivity index (χ4v) is 4.05. The third-order valence-electron chi connectivity index (χ3n) is 5.62. The first-order valence-electron chi connectivity index (χ1n) is 9.53. The van der Waals surface area contributed by atoms with Crippen LogP contribution in [-0.2, 0) is 9.47 Å². The largest absolute Gasteiger partial charge is 0.370 e. The van der Waals surface area contributed by atoms with Gasteiger partial charge in [-0.3, -0.25) is 4.99 Å². The minimum absolute atomic E-state index is 0. The molecule has 0 radical (unpaired) electrons. The lowest BCUT2D eigenvalue weighted by molar-refractivity contribution is -0.190. The molecule has 3 aliphatic rings. The Kier molecular flexibility index (Phi) is 8.07. The summed E-state index contributed by atoms with van der Waals surface area (Å²) in [5, 5.41) is 3.39. The van der Waals surface area contributed by atoms with Gasteiger partial charge in [0, 0.05) is 18.9 Å². The van der Waals surface area contributed by atoms with Gasteiger partial charge in [-0.2, -0.15) is 0 Å². The van der Waals surface area contributed by atoms with Crippen molar-refractivity contribution in [2.75, 3.05) is 13.2 Å². The van der Waals surface area contributed by atoms with Crippen molar-refractivity contribution >= 4 is 29.9 Å². The first-order valence-corrected chi connectivity index (χ1v) is 9.53. The number of halogens is 1. The third kappa shape index (κ3) is 5.73. The van der Waals surface area contributed by atoms with Crippen LogP contribution < -0.4 is 11.1 Å². The highest BCUT2D eigenvalue weighted by atomic mass is 127. The zero-order chi connectivity index (χ0) is 16.1. The molecule has 24 heavy (non-hydrogen) atoms. The Bertz CT molecular complexity index is 403. The first kappa shape index (κ1) is 20.2. The second-order valence-corrected chi connectivity index (χ2v) is 7.70. The monoisotopic (exact) mass is 451 g/mol. The van der Waals surface area contributed by atoms with Crippen molar-refractivity contribution in [3.8, 4) is 0 Å². The normalized spacial score (nSPS) is 35.5. The fourth-order valence-electron chi connectivity index (χ4n) is 4.05. The molecule has 1 spiro atoms. The molecule has 1 heterocycles. The number of aliphatic imine (C=N–C) groups is 1. The van der Waals surface area contributed by atoms with Gasteiger partial charge in [-0.1, -0.05) is 32.6 Å². The van der Waals surface area contributed by atoms with Crippen LogP contribution in [-0.4, -0.2) is 37.0 Å². The number of ether oxygens (including phenoxy) is 2. The van der Waals surface area contributed by atoms with E-state index in [1.54, 1.807) is 0 Å². The summed E-state index contributed by atoms with van der Waals surface area (Å²) in [7, 11) is 0. The molecule has 0 aromatic carbocycles. The van der Waals surface area contributed by atoms with Crippen molar-refractivity contribution in [1.29, 1.82) is 0 Å². The molecule has 0 bridgehead atoms. The number of nitrogens with one attached hydrogen (secondary N) is 1. The average Bonchev–Trinajstić information content (AvgIpc) is 2.76. The van der Waals surface area contributed by atoms with E-state index in [0.29, 0.717) is 25.2 Å². The molecule has 1 aliphatic heterocycles. The maximum atomic E-state index is 6.19. The molecule has 0 aromatic heterocycles. The van der Waals surface area contributed by atoms with Crippen LogP contribution in [0.2, 0.25) is 0 Å². The lowest BCUT2D eigenvalue weighted by atomic mass is 9.86. The molecule has 3 N–H and O–H groups in total. The molecule has 2 aliphatic carbocycles. The number of hydrogen-bond acceptors (Lipinski definition) is 3. The van der Waals surface area contributed by atoms with Gasteiger partial charge in [-0.05, 0) is 31.6 Å². The second-order valence-electron chi connectivity index (χ2n) is 7.70. The van der Waals surface area contributed by atoms with Gasteiger partial charge in [-0.15, -0.1) is 24.0 Å². The van der Waals surface area contributed by atoms with Crippen LogP contribution in [0, 0.1) is 5.92 Å². The Labute approximate surface area is 163 Å². The van der Waals surface area contributed by atoms with E-state index in [0.717, 1.165) is 18.8 Å². The first-order chi connectivity index (χ1) is 11.2. The van der Waals surface area contributed by atoms with Crippen molar-refractivity contribution < 1.29 is 9.47 Å². The Morgan fingerprint density at radius 1 is 1.12 bits per heavy atom. The molecule has 2 saturated carbocycles. The Balaban J connectivity index is 0.00000208. The molecule has 1 atom stereocenters. The quantitative estimate of drug-likeness (QED) is 0.298. The average molecular weight is 451 g/mol. The van der Waals surface area contributed by atoms with E-state index < -0.39 is 0 Å². The standard InChI is InChI=1S/C18H33N3O2.HI/c1-14-8-10-18(11-9-14)22-13-16(23-18)12-20-17(19)21-15-6-4-2-3-5-7-15;/h14-16H,2-13H2,1H3,(H3,19,20,21);1H. The molecule has 0 aromatic rings. The molecule has 6 heteroatoms. The number of nitrogens with zero attached hydrogens (tertiary/aromatic N) is 1. The molecule has 140 valence electrons. The van der Waals surface area contributed by atoms with E-state index in [4.69, 9.17) is 15.2 Å². The summed E-state index contributed by atoms with van der Waals surface area (Å²) in [4.78, 5) is 4.50. The van der Waals surface area contributed by atoms with E-state index in [9.17, 15) is 0 Å². The van der Waals surface area contributed by atoms with Crippen molar-refractivity contribution in [1.82, 2.24) is 5.32 Å². The van der Waals surface area contributed by atoms with Crippen LogP contribution in [0.3, 0.4) is 0 Å². The van der Waals surface area contributed by atoms with Crippen LogP contribution in [0.25, 0.3) is 0 Å². The predicted octanol–water partition coefficient (Wildman–Crippen LogP) is 3.55. The van der Waals surface area contributed by atoms with Crippen LogP contribution in [0.1, 0.15) is 71.1 Å². The van der Waals surface area contributed by atoms with Crippen LogP contribution in [0.5, 0.6) is 0 Å². The number of hydrogen-bond donors (Lipinski definition) is 2. The van der Waals surface area contributed by atoms with E-state index in [1.807, 2.05) is 0 Å². The maximum absolute atomic E-state index is 6.19. The minimum atomic E-state index is -0.323. The van der Waals surface area contributed by atoms with Gasteiger partial charge in [0.05, 0.1) is 13.2 Å². The van der Waals surface area contributed by atoms with Gasteiger partial charge < -0.3 is 20.5 Å². The van der Waals surface area contributed by atoms with Crippen LogP contribution in [0.4, 0.5) is 0 Å². The van der Waals surface area contributed by atoms with Gasteiger partial charge in [0.15, 0.2) is 11.7 Å². The number of nitrogens with two attached hydrogens (primary N) is 1. The highest BCUT2D eigenvalue weighted by Gasteiger charge is 2.43. The Morgan fingerprint density at radius 2 is 1.79 bits per heavy atom. The summed E-state index contributed by atoms with van der Waals surface area (Å²) in [6.45, 7) is 3.56. The van der Waals surface area contributed by atoms with E-state index >= 15 is 0 Å². The van der Waals surface area contributed by atoms with E-state index in [-0.39, 0.29) is 35.9 Å². The summed E-state index contributed by atoms with van der Waals surface area (Å²) in [6, 6.07) is 0.494. The zero-order valence-corrected chi connectivity index (χ0v) is 17.3. The number of guanidine groups is 1. The highest BCUT2D eigenvalue weighted by Crippen LogP contribution is 2.39. The molecule has 0 amide bonds. The van der Waals surface area contributed by atoms with Gasteiger partial charge in [-0.25, -0.2) is 0 Å². The summed E-state index contributed by atoms with van der Waals surface area (Å²) in [5.41, 5.74) is 6.06. The lowest BCUT2D eigenvalue weighted by Crippen LogP contribution is -2.40. The SMILES string of the molecule is CC1CCC2(CC1)OCC(CN=C(N)NC1CCCCCC1)O2.I. The summed E-state index contributed by atoms with van der Waals surface area (Å²) in [6.07, 6.45) is 12.2. The van der Waals surface area contributed by atoms with Crippen LogP contribution >= 0.6 is 24.0 Å². The molecule has 3 fully saturated rings. The minimum Gasteiger partial charge on any atom is -0.370 e. The Hall–Kier alpha value is -0.0800. The molecule has 3 rings (SSSR count). The highest BCUT2D eigenvalue weighted by molar-refractivity contribution is 14.0. The fraction of sp³-hybridized carbons (Fsp3) is 0.944. The molecule has 1 saturated heterocycles. The van der Waals surface area contributed by atoms with Crippen molar-refractivity contribution in [3.05, 3.63) is 0 Å². The van der Waals surface area contributed by atoms with E-state index in [2.05, 4.69) is 17.2 Å². The molecule has 1 unspecified atom stereocenters. The number of rotatable bonds is 3. The smallest absolute Gasteiger partial charge is 0.188 e. The predicted molar refractivity (Wildman–Crippen MR) is 108 cm³/mol. The lowest BCUT2D eigenvalue weighted by Gasteiger charge is -2.34. The van der Waals surface area contributed by atoms with Crippen molar-refractivity contribution in [2.45, 2.75) is 89.1 Å². The molecular weight excluding hydrogens is 417 g/mol. The topological polar surface area (TPSA) is 68.9 Å². The van der Waals surface area contributed by atoms with Gasteiger partial charge in [0.2, 0.25) is 0 Å². The molecule has 5 nitrogen and oxygen atoms in total. The zero-order valence-electron chi connectivity index (χ0n) is 15.0.